The van der Waals surface area contributed by atoms with E-state index in [0.29, 0.717) is 12.0 Å². The van der Waals surface area contributed by atoms with Gasteiger partial charge in [-0.1, -0.05) is 42.5 Å². The van der Waals surface area contributed by atoms with Gasteiger partial charge in [-0.2, -0.15) is 0 Å². The quantitative estimate of drug-likeness (QED) is 0.451. The maximum Gasteiger partial charge on any atom is 0.573 e. The van der Waals surface area contributed by atoms with Gasteiger partial charge in [0.05, 0.1) is 0 Å². The van der Waals surface area contributed by atoms with Gasteiger partial charge in [-0.3, -0.25) is 9.59 Å². The second-order valence-electron chi connectivity index (χ2n) is 8.91. The van der Waals surface area contributed by atoms with E-state index in [0.717, 1.165) is 17.7 Å². The third-order valence-electron chi connectivity index (χ3n) is 4.63. The minimum atomic E-state index is -4.79. The highest BCUT2D eigenvalue weighted by atomic mass is 19.4. The number of aryl methyl sites for hydroxylation is 1. The molecule has 2 aromatic rings. The lowest BCUT2D eigenvalue weighted by molar-refractivity contribution is -0.274. The molecule has 0 heterocycles. The van der Waals surface area contributed by atoms with Gasteiger partial charge in [-0.05, 0) is 56.9 Å². The third kappa shape index (κ3) is 11.6. The number of hydrogen-bond donors (Lipinski definition) is 3. The molecule has 36 heavy (non-hydrogen) atoms. The Labute approximate surface area is 207 Å². The number of ether oxygens (including phenoxy) is 2. The van der Waals surface area contributed by atoms with Crippen LogP contribution in [0.4, 0.5) is 18.0 Å². The van der Waals surface area contributed by atoms with Crippen LogP contribution in [0.3, 0.4) is 0 Å². The first-order valence-corrected chi connectivity index (χ1v) is 11.2. The molecule has 0 fully saturated rings. The largest absolute Gasteiger partial charge is 0.573 e. The summed E-state index contributed by atoms with van der Waals surface area (Å²) in [6, 6.07) is 13.5. The van der Waals surface area contributed by atoms with Crippen LogP contribution in [-0.2, 0) is 27.3 Å². The third-order valence-corrected chi connectivity index (χ3v) is 4.63. The van der Waals surface area contributed by atoms with E-state index in [4.69, 9.17) is 4.74 Å². The number of carbonyl (C=O) groups excluding carboxylic acids is 3. The van der Waals surface area contributed by atoms with Gasteiger partial charge in [0.2, 0.25) is 11.8 Å². The Morgan fingerprint density at radius 2 is 1.53 bits per heavy atom. The fraction of sp³-hybridized carbons (Fsp3) is 0.400. The van der Waals surface area contributed by atoms with Gasteiger partial charge in [-0.25, -0.2) is 4.79 Å². The lowest BCUT2D eigenvalue weighted by Gasteiger charge is -2.21. The molecule has 2 rings (SSSR count). The Kier molecular flexibility index (Phi) is 10.1. The van der Waals surface area contributed by atoms with Crippen molar-refractivity contribution in [3.8, 4) is 5.75 Å². The van der Waals surface area contributed by atoms with Crippen LogP contribution in [0.25, 0.3) is 0 Å². The Bertz CT molecular complexity index is 1010. The standard InChI is InChI=1S/C25H30F3N3O5/c1-24(2,3)36-23(34)30-16-21(32)31-20(14-11-17-7-5-4-6-8-17)22(33)29-15-18-9-12-19(13-10-18)35-25(26,27)28/h4-10,12-13,20H,11,14-16H2,1-3H3,(H,29,33)(H,30,34)(H,31,32). The lowest BCUT2D eigenvalue weighted by atomic mass is 10.0. The smallest absolute Gasteiger partial charge is 0.444 e. The van der Waals surface area contributed by atoms with Crippen molar-refractivity contribution in [3.05, 3.63) is 65.7 Å². The van der Waals surface area contributed by atoms with Crippen molar-refractivity contribution in [2.45, 2.75) is 58.2 Å². The molecule has 0 saturated heterocycles. The number of carbonyl (C=O) groups is 3. The summed E-state index contributed by atoms with van der Waals surface area (Å²) in [6.45, 7) is 4.71. The van der Waals surface area contributed by atoms with Gasteiger partial charge < -0.3 is 25.4 Å². The van der Waals surface area contributed by atoms with E-state index in [1.54, 1.807) is 20.8 Å². The first kappa shape index (κ1) is 28.5. The topological polar surface area (TPSA) is 106 Å². The first-order chi connectivity index (χ1) is 16.8. The molecule has 3 amide bonds. The summed E-state index contributed by atoms with van der Waals surface area (Å²) in [6.07, 6.45) is -4.77. The SMILES string of the molecule is CC(C)(C)OC(=O)NCC(=O)NC(CCc1ccccc1)C(=O)NCc1ccc(OC(F)(F)F)cc1. The van der Waals surface area contributed by atoms with Crippen LogP contribution in [0.5, 0.6) is 5.75 Å². The maximum absolute atomic E-state index is 12.8. The Hall–Kier alpha value is -3.76. The first-order valence-electron chi connectivity index (χ1n) is 11.2. The maximum atomic E-state index is 12.8. The molecule has 0 aliphatic heterocycles. The normalized spacial score (nSPS) is 12.3. The average molecular weight is 510 g/mol. The Morgan fingerprint density at radius 1 is 0.889 bits per heavy atom. The van der Waals surface area contributed by atoms with E-state index in [1.165, 1.54) is 12.1 Å². The van der Waals surface area contributed by atoms with Crippen LogP contribution in [0.2, 0.25) is 0 Å². The summed E-state index contributed by atoms with van der Waals surface area (Å²) in [7, 11) is 0. The molecule has 1 atom stereocenters. The van der Waals surface area contributed by atoms with Crippen molar-refractivity contribution in [2.75, 3.05) is 6.54 Å². The molecule has 1 unspecified atom stereocenters. The van der Waals surface area contributed by atoms with Gasteiger partial charge in [0.25, 0.3) is 0 Å². The van der Waals surface area contributed by atoms with E-state index in [2.05, 4.69) is 20.7 Å². The van der Waals surface area contributed by atoms with E-state index in [1.807, 2.05) is 30.3 Å². The zero-order valence-corrected chi connectivity index (χ0v) is 20.3. The summed E-state index contributed by atoms with van der Waals surface area (Å²) in [5.74, 6) is -1.43. The number of rotatable bonds is 10. The molecule has 8 nitrogen and oxygen atoms in total. The summed E-state index contributed by atoms with van der Waals surface area (Å²) in [4.78, 5) is 37.0. The fourth-order valence-electron chi connectivity index (χ4n) is 3.06. The van der Waals surface area contributed by atoms with Crippen LogP contribution in [0.1, 0.15) is 38.3 Å². The van der Waals surface area contributed by atoms with Crippen LogP contribution in [0.15, 0.2) is 54.6 Å². The Morgan fingerprint density at radius 3 is 2.11 bits per heavy atom. The molecule has 0 bridgehead atoms. The second kappa shape index (κ2) is 12.8. The van der Waals surface area contributed by atoms with Crippen molar-refractivity contribution < 1.29 is 37.0 Å². The van der Waals surface area contributed by atoms with Crippen LogP contribution in [0, 0.1) is 0 Å². The number of hydrogen-bond acceptors (Lipinski definition) is 5. The average Bonchev–Trinajstić information content (AvgIpc) is 2.78. The molecule has 0 aliphatic rings. The monoisotopic (exact) mass is 509 g/mol. The zero-order chi connectivity index (χ0) is 26.8. The fourth-order valence-corrected chi connectivity index (χ4v) is 3.06. The van der Waals surface area contributed by atoms with E-state index in [-0.39, 0.29) is 25.3 Å². The van der Waals surface area contributed by atoms with Crippen molar-refractivity contribution in [2.24, 2.45) is 0 Å². The molecule has 2 aromatic carbocycles. The lowest BCUT2D eigenvalue weighted by Crippen LogP contribution is -2.49. The minimum absolute atomic E-state index is 0.0268. The van der Waals surface area contributed by atoms with Crippen LogP contribution >= 0.6 is 0 Å². The van der Waals surface area contributed by atoms with Crippen LogP contribution in [-0.4, -0.2) is 42.5 Å². The molecular weight excluding hydrogens is 479 g/mol. The number of amides is 3. The number of benzene rings is 2. The van der Waals surface area contributed by atoms with Gasteiger partial charge in [0.15, 0.2) is 0 Å². The van der Waals surface area contributed by atoms with E-state index in [9.17, 15) is 27.6 Å². The summed E-state index contributed by atoms with van der Waals surface area (Å²) >= 11 is 0. The molecule has 0 aliphatic carbocycles. The van der Waals surface area contributed by atoms with Crippen molar-refractivity contribution in [1.82, 2.24) is 16.0 Å². The molecule has 196 valence electrons. The number of halogens is 3. The summed E-state index contributed by atoms with van der Waals surface area (Å²) < 4.78 is 45.9. The zero-order valence-electron chi connectivity index (χ0n) is 20.3. The van der Waals surface area contributed by atoms with E-state index >= 15 is 0 Å². The molecule has 0 radical (unpaired) electrons. The van der Waals surface area contributed by atoms with Crippen LogP contribution < -0.4 is 20.7 Å². The molecule has 3 N–H and O–H groups in total. The summed E-state index contributed by atoms with van der Waals surface area (Å²) in [5.41, 5.74) is 0.782. The predicted octanol–water partition coefficient (Wildman–Crippen LogP) is 3.84. The number of alkyl halides is 3. The molecule has 11 heteroatoms. The highest BCUT2D eigenvalue weighted by molar-refractivity contribution is 5.89. The van der Waals surface area contributed by atoms with E-state index < -0.39 is 35.9 Å². The second-order valence-corrected chi connectivity index (χ2v) is 8.91. The highest BCUT2D eigenvalue weighted by Gasteiger charge is 2.31. The van der Waals surface area contributed by atoms with Gasteiger partial charge in [0.1, 0.15) is 23.9 Å². The van der Waals surface area contributed by atoms with Gasteiger partial charge >= 0.3 is 12.5 Å². The summed E-state index contributed by atoms with van der Waals surface area (Å²) in [5, 5.41) is 7.63. The van der Waals surface area contributed by atoms with Crippen molar-refractivity contribution in [3.63, 3.8) is 0 Å². The molecule has 0 saturated carbocycles. The van der Waals surface area contributed by atoms with Gasteiger partial charge in [-0.15, -0.1) is 13.2 Å². The van der Waals surface area contributed by atoms with Crippen molar-refractivity contribution >= 4 is 17.9 Å². The molecule has 0 aromatic heterocycles. The highest BCUT2D eigenvalue weighted by Crippen LogP contribution is 2.22. The number of alkyl carbamates (subject to hydrolysis) is 1. The predicted molar refractivity (Wildman–Crippen MR) is 126 cm³/mol. The van der Waals surface area contributed by atoms with Crippen molar-refractivity contribution in [1.29, 1.82) is 0 Å². The minimum Gasteiger partial charge on any atom is -0.444 e. The Balaban J connectivity index is 1.96. The molecular formula is C25H30F3N3O5. The number of nitrogens with one attached hydrogen (secondary N) is 3. The molecule has 0 spiro atoms. The van der Waals surface area contributed by atoms with Gasteiger partial charge in [0, 0.05) is 6.54 Å².